The summed E-state index contributed by atoms with van der Waals surface area (Å²) in [5.41, 5.74) is 1.48. The van der Waals surface area contributed by atoms with Crippen LogP contribution in [-0.2, 0) is 0 Å². The zero-order valence-electron chi connectivity index (χ0n) is 13.4. The van der Waals surface area contributed by atoms with Gasteiger partial charge < -0.3 is 9.84 Å². The van der Waals surface area contributed by atoms with Gasteiger partial charge in [-0.3, -0.25) is 4.79 Å². The van der Waals surface area contributed by atoms with Crippen LogP contribution in [0.15, 0.2) is 71.3 Å². The molecule has 0 saturated heterocycles. The summed E-state index contributed by atoms with van der Waals surface area (Å²) in [5, 5.41) is 7.02. The number of rotatable bonds is 3. The zero-order valence-corrected chi connectivity index (χ0v) is 13.4. The molecule has 4 aromatic rings. The Bertz CT molecular complexity index is 1110. The van der Waals surface area contributed by atoms with Gasteiger partial charge in [-0.1, -0.05) is 35.5 Å². The average Bonchev–Trinajstić information content (AvgIpc) is 3.08. The first-order valence-corrected chi connectivity index (χ1v) is 7.83. The second kappa shape index (κ2) is 6.40. The van der Waals surface area contributed by atoms with Crippen LogP contribution < -0.4 is 5.32 Å². The summed E-state index contributed by atoms with van der Waals surface area (Å²) in [6.07, 6.45) is 0. The maximum Gasteiger partial charge on any atom is 0.255 e. The lowest BCUT2D eigenvalue weighted by Gasteiger charge is -2.07. The van der Waals surface area contributed by atoms with Crippen molar-refractivity contribution in [1.29, 1.82) is 0 Å². The quantitative estimate of drug-likeness (QED) is 0.564. The molecule has 1 aromatic heterocycles. The van der Waals surface area contributed by atoms with Crippen LogP contribution in [0, 0.1) is 11.6 Å². The SMILES string of the molecule is O=C(Nc1cc(F)ccc1F)c1ccc2noc(-c3ccccc3)c2c1. The van der Waals surface area contributed by atoms with Crippen molar-refractivity contribution < 1.29 is 18.1 Å². The lowest BCUT2D eigenvalue weighted by Crippen LogP contribution is -2.13. The molecule has 0 aliphatic heterocycles. The third-order valence-electron chi connectivity index (χ3n) is 3.95. The van der Waals surface area contributed by atoms with Crippen molar-refractivity contribution in [2.24, 2.45) is 0 Å². The topological polar surface area (TPSA) is 55.1 Å². The molecule has 0 aliphatic rings. The van der Waals surface area contributed by atoms with Crippen LogP contribution in [0.2, 0.25) is 0 Å². The molecule has 0 radical (unpaired) electrons. The number of anilines is 1. The van der Waals surface area contributed by atoms with Gasteiger partial charge in [0.1, 0.15) is 17.2 Å². The fraction of sp³-hybridized carbons (Fsp3) is 0. The predicted octanol–water partition coefficient (Wildman–Crippen LogP) is 5.03. The Kier molecular flexibility index (Phi) is 3.93. The summed E-state index contributed by atoms with van der Waals surface area (Å²) in [6.45, 7) is 0. The molecule has 4 nitrogen and oxygen atoms in total. The third-order valence-corrected chi connectivity index (χ3v) is 3.95. The third kappa shape index (κ3) is 2.93. The van der Waals surface area contributed by atoms with Gasteiger partial charge in [0.2, 0.25) is 0 Å². The molecule has 0 unspecified atom stereocenters. The molecule has 3 aromatic carbocycles. The van der Waals surface area contributed by atoms with Crippen molar-refractivity contribution in [1.82, 2.24) is 5.16 Å². The summed E-state index contributed by atoms with van der Waals surface area (Å²) >= 11 is 0. The molecule has 1 N–H and O–H groups in total. The standard InChI is InChI=1S/C20H12F2N2O2/c21-14-7-8-16(22)18(11-14)23-20(25)13-6-9-17-15(10-13)19(26-24-17)12-4-2-1-3-5-12/h1-11H,(H,23,25). The predicted molar refractivity (Wildman–Crippen MR) is 93.8 cm³/mol. The lowest BCUT2D eigenvalue weighted by molar-refractivity contribution is 0.102. The molecule has 1 amide bonds. The molecule has 0 spiro atoms. The maximum absolute atomic E-state index is 13.7. The van der Waals surface area contributed by atoms with Gasteiger partial charge in [-0.05, 0) is 30.3 Å². The number of halogens is 2. The average molecular weight is 350 g/mol. The molecule has 4 rings (SSSR count). The Hall–Kier alpha value is -3.54. The molecule has 0 saturated carbocycles. The van der Waals surface area contributed by atoms with E-state index in [0.717, 1.165) is 23.8 Å². The Balaban J connectivity index is 1.71. The second-order valence-electron chi connectivity index (χ2n) is 5.69. The van der Waals surface area contributed by atoms with Crippen molar-refractivity contribution in [3.8, 4) is 11.3 Å². The fourth-order valence-corrected chi connectivity index (χ4v) is 2.67. The summed E-state index contributed by atoms with van der Waals surface area (Å²) in [7, 11) is 0. The summed E-state index contributed by atoms with van der Waals surface area (Å²) in [5.74, 6) is -1.37. The number of nitrogens with zero attached hydrogens (tertiary/aromatic N) is 1. The Morgan fingerprint density at radius 2 is 1.77 bits per heavy atom. The maximum atomic E-state index is 13.7. The molecule has 6 heteroatoms. The van der Waals surface area contributed by atoms with E-state index in [1.165, 1.54) is 0 Å². The number of carbonyl (C=O) groups is 1. The molecule has 128 valence electrons. The van der Waals surface area contributed by atoms with Gasteiger partial charge in [0.25, 0.3) is 5.91 Å². The minimum Gasteiger partial charge on any atom is -0.355 e. The van der Waals surface area contributed by atoms with Crippen LogP contribution in [0.5, 0.6) is 0 Å². The normalized spacial score (nSPS) is 10.8. The molecular weight excluding hydrogens is 338 g/mol. The lowest BCUT2D eigenvalue weighted by atomic mass is 10.1. The van der Waals surface area contributed by atoms with Crippen molar-refractivity contribution in [2.75, 3.05) is 5.32 Å². The van der Waals surface area contributed by atoms with Crippen LogP contribution in [0.4, 0.5) is 14.5 Å². The molecule has 0 atom stereocenters. The summed E-state index contributed by atoms with van der Waals surface area (Å²) < 4.78 is 32.4. The van der Waals surface area contributed by atoms with Gasteiger partial charge in [-0.2, -0.15) is 0 Å². The van der Waals surface area contributed by atoms with Crippen molar-refractivity contribution >= 4 is 22.5 Å². The largest absolute Gasteiger partial charge is 0.355 e. The van der Waals surface area contributed by atoms with E-state index in [2.05, 4.69) is 10.5 Å². The Morgan fingerprint density at radius 1 is 0.962 bits per heavy atom. The highest BCUT2D eigenvalue weighted by molar-refractivity contribution is 6.07. The summed E-state index contributed by atoms with van der Waals surface area (Å²) in [4.78, 5) is 12.4. The van der Waals surface area contributed by atoms with E-state index in [4.69, 9.17) is 4.52 Å². The van der Waals surface area contributed by atoms with Crippen LogP contribution in [0.25, 0.3) is 22.2 Å². The zero-order chi connectivity index (χ0) is 18.1. The van der Waals surface area contributed by atoms with E-state index >= 15 is 0 Å². The number of fused-ring (bicyclic) bond motifs is 1. The minimum atomic E-state index is -0.712. The number of nitrogens with one attached hydrogen (secondary N) is 1. The van der Waals surface area contributed by atoms with Gasteiger partial charge >= 0.3 is 0 Å². The van der Waals surface area contributed by atoms with Crippen LogP contribution >= 0.6 is 0 Å². The number of carbonyl (C=O) groups excluding carboxylic acids is 1. The van der Waals surface area contributed by atoms with Gasteiger partial charge in [0.05, 0.1) is 11.1 Å². The van der Waals surface area contributed by atoms with E-state index in [9.17, 15) is 13.6 Å². The van der Waals surface area contributed by atoms with Gasteiger partial charge in [0.15, 0.2) is 5.76 Å². The molecule has 26 heavy (non-hydrogen) atoms. The fourth-order valence-electron chi connectivity index (χ4n) is 2.67. The van der Waals surface area contributed by atoms with Crippen LogP contribution in [0.1, 0.15) is 10.4 Å². The van der Waals surface area contributed by atoms with E-state index in [1.54, 1.807) is 18.2 Å². The van der Waals surface area contributed by atoms with E-state index in [1.807, 2.05) is 30.3 Å². The first-order valence-electron chi connectivity index (χ1n) is 7.83. The first-order chi connectivity index (χ1) is 12.6. The number of aromatic nitrogens is 1. The van der Waals surface area contributed by atoms with Crippen molar-refractivity contribution in [3.05, 3.63) is 83.9 Å². The molecule has 0 bridgehead atoms. The second-order valence-corrected chi connectivity index (χ2v) is 5.69. The van der Waals surface area contributed by atoms with Crippen LogP contribution in [0.3, 0.4) is 0 Å². The highest BCUT2D eigenvalue weighted by Crippen LogP contribution is 2.29. The summed E-state index contributed by atoms with van der Waals surface area (Å²) in [6, 6.07) is 17.0. The van der Waals surface area contributed by atoms with E-state index < -0.39 is 17.5 Å². The molecule has 1 heterocycles. The van der Waals surface area contributed by atoms with Gasteiger partial charge in [0, 0.05) is 17.2 Å². The van der Waals surface area contributed by atoms with Crippen LogP contribution in [-0.4, -0.2) is 11.1 Å². The van der Waals surface area contributed by atoms with Crippen molar-refractivity contribution in [3.63, 3.8) is 0 Å². The van der Waals surface area contributed by atoms with E-state index in [0.29, 0.717) is 16.7 Å². The smallest absolute Gasteiger partial charge is 0.255 e. The molecule has 0 aliphatic carbocycles. The Labute approximate surface area is 147 Å². The van der Waals surface area contributed by atoms with Gasteiger partial charge in [-0.15, -0.1) is 0 Å². The number of benzene rings is 3. The highest BCUT2D eigenvalue weighted by Gasteiger charge is 2.15. The number of hydrogen-bond acceptors (Lipinski definition) is 3. The monoisotopic (exact) mass is 350 g/mol. The highest BCUT2D eigenvalue weighted by atomic mass is 19.1. The van der Waals surface area contributed by atoms with Crippen molar-refractivity contribution in [2.45, 2.75) is 0 Å². The molecular formula is C20H12F2N2O2. The molecule has 0 fully saturated rings. The minimum absolute atomic E-state index is 0.219. The number of hydrogen-bond donors (Lipinski definition) is 1. The number of amides is 1. The van der Waals surface area contributed by atoms with E-state index in [-0.39, 0.29) is 11.3 Å². The first kappa shape index (κ1) is 16.0. The Morgan fingerprint density at radius 3 is 2.58 bits per heavy atom. The van der Waals surface area contributed by atoms with Gasteiger partial charge in [-0.25, -0.2) is 8.78 Å².